The lowest BCUT2D eigenvalue weighted by molar-refractivity contribution is -0.138. The average Bonchev–Trinajstić information content (AvgIpc) is 3.18. The first-order chi connectivity index (χ1) is 10.5. The third-order valence-electron chi connectivity index (χ3n) is 6.80. The zero-order valence-electron chi connectivity index (χ0n) is 14.0. The Labute approximate surface area is 134 Å². The molecule has 3 atom stereocenters. The van der Waals surface area contributed by atoms with Crippen LogP contribution in [0.25, 0.3) is 0 Å². The Balaban J connectivity index is 1.96. The van der Waals surface area contributed by atoms with Crippen molar-refractivity contribution in [2.75, 3.05) is 6.54 Å². The molecular formula is C18H27NO2Si. The molecule has 2 aliphatic carbocycles. The number of carbonyl (C=O) groups excluding carboxylic acids is 2. The predicted molar refractivity (Wildman–Crippen MR) is 91.1 cm³/mol. The average molecular weight is 318 g/mol. The number of nitrogens with zero attached hydrogens (tertiary/aromatic N) is 1. The molecule has 0 aromatic rings. The third-order valence-corrected chi connectivity index (χ3v) is 13.2. The quantitative estimate of drug-likeness (QED) is 0.425. The highest BCUT2D eigenvalue weighted by Crippen LogP contribution is 2.61. The molecule has 2 fully saturated rings. The molecule has 2 amide bonds. The van der Waals surface area contributed by atoms with Crippen LogP contribution in [0.4, 0.5) is 0 Å². The highest BCUT2D eigenvalue weighted by atomic mass is 28.3. The summed E-state index contributed by atoms with van der Waals surface area (Å²) in [6.45, 7) is 11.1. The molecule has 0 radical (unpaired) electrons. The van der Waals surface area contributed by atoms with Crippen molar-refractivity contribution in [3.8, 4) is 0 Å². The lowest BCUT2D eigenvalue weighted by Crippen LogP contribution is -2.42. The van der Waals surface area contributed by atoms with Gasteiger partial charge < -0.3 is 0 Å². The van der Waals surface area contributed by atoms with Gasteiger partial charge in [0.05, 0.1) is 14.0 Å². The molecule has 22 heavy (non-hydrogen) atoms. The van der Waals surface area contributed by atoms with Crippen molar-refractivity contribution in [3.63, 3.8) is 0 Å². The first-order valence-corrected chi connectivity index (χ1v) is 11.4. The smallest absolute Gasteiger partial charge is 0.257 e. The molecule has 0 aromatic heterocycles. The minimum absolute atomic E-state index is 0.0254. The van der Waals surface area contributed by atoms with E-state index >= 15 is 0 Å². The van der Waals surface area contributed by atoms with Crippen LogP contribution in [-0.2, 0) is 9.59 Å². The van der Waals surface area contributed by atoms with E-state index in [1.807, 2.05) is 0 Å². The van der Waals surface area contributed by atoms with Gasteiger partial charge in [0.2, 0.25) is 5.91 Å². The fourth-order valence-electron chi connectivity index (χ4n) is 5.44. The fraction of sp³-hybridized carbons (Fsp3) is 0.667. The van der Waals surface area contributed by atoms with E-state index in [2.05, 4.69) is 27.4 Å². The summed E-state index contributed by atoms with van der Waals surface area (Å²) >= 11 is 0. The monoisotopic (exact) mass is 317 g/mol. The molecule has 3 rings (SSSR count). The van der Waals surface area contributed by atoms with E-state index in [4.69, 9.17) is 0 Å². The topological polar surface area (TPSA) is 37.4 Å². The third kappa shape index (κ3) is 1.86. The largest absolute Gasteiger partial charge is 0.274 e. The van der Waals surface area contributed by atoms with Gasteiger partial charge in [-0.05, 0) is 24.3 Å². The number of carbonyl (C=O) groups is 2. The molecule has 0 aromatic carbocycles. The Morgan fingerprint density at radius 3 is 2.36 bits per heavy atom. The van der Waals surface area contributed by atoms with Crippen molar-refractivity contribution in [1.82, 2.24) is 4.90 Å². The number of amides is 2. The number of rotatable bonds is 6. The molecule has 4 heteroatoms. The van der Waals surface area contributed by atoms with Gasteiger partial charge in [0.25, 0.3) is 5.91 Å². The number of fused-ring (bicyclic) bond motifs is 4. The second kappa shape index (κ2) is 5.48. The molecule has 3 unspecified atom stereocenters. The number of hydrogen-bond donors (Lipinski definition) is 0. The van der Waals surface area contributed by atoms with Gasteiger partial charge in [0.1, 0.15) is 0 Å². The van der Waals surface area contributed by atoms with Crippen molar-refractivity contribution in [2.45, 2.75) is 57.3 Å². The molecular weight excluding hydrogens is 290 g/mol. The van der Waals surface area contributed by atoms with Crippen molar-refractivity contribution < 1.29 is 9.59 Å². The molecule has 1 aliphatic heterocycles. The van der Waals surface area contributed by atoms with E-state index < -0.39 is 8.07 Å². The number of imide groups is 1. The van der Waals surface area contributed by atoms with Crippen molar-refractivity contribution in [1.29, 1.82) is 0 Å². The van der Waals surface area contributed by atoms with Crippen molar-refractivity contribution >= 4 is 19.9 Å². The summed E-state index contributed by atoms with van der Waals surface area (Å²) in [7, 11) is -1.33. The van der Waals surface area contributed by atoms with E-state index in [1.54, 1.807) is 6.08 Å². The highest BCUT2D eigenvalue weighted by Gasteiger charge is 2.60. The summed E-state index contributed by atoms with van der Waals surface area (Å²) in [4.78, 5) is 26.7. The summed E-state index contributed by atoms with van der Waals surface area (Å²) in [5, 5.41) is 0. The first kappa shape index (κ1) is 15.7. The zero-order chi connectivity index (χ0) is 16.1. The number of hydrogen-bond acceptors (Lipinski definition) is 2. The lowest BCUT2D eigenvalue weighted by atomic mass is 9.87. The Kier molecular flexibility index (Phi) is 3.92. The lowest BCUT2D eigenvalue weighted by Gasteiger charge is -2.40. The van der Waals surface area contributed by atoms with E-state index in [0.717, 1.165) is 18.4 Å². The molecule has 120 valence electrons. The van der Waals surface area contributed by atoms with Crippen LogP contribution in [0.15, 0.2) is 23.8 Å². The van der Waals surface area contributed by atoms with E-state index in [9.17, 15) is 9.59 Å². The number of allylic oxidation sites excluding steroid dienone is 1. The van der Waals surface area contributed by atoms with Crippen molar-refractivity contribution in [2.24, 2.45) is 11.8 Å². The van der Waals surface area contributed by atoms with Gasteiger partial charge in [-0.15, -0.1) is 6.58 Å². The molecule has 1 saturated carbocycles. The maximum Gasteiger partial charge on any atom is 0.257 e. The van der Waals surface area contributed by atoms with Crippen molar-refractivity contribution in [3.05, 3.63) is 23.8 Å². The van der Waals surface area contributed by atoms with Gasteiger partial charge in [0.15, 0.2) is 0 Å². The van der Waals surface area contributed by atoms with Crippen LogP contribution in [0.2, 0.25) is 23.7 Å². The van der Waals surface area contributed by atoms with E-state index in [-0.39, 0.29) is 17.7 Å². The minimum Gasteiger partial charge on any atom is -0.274 e. The maximum atomic E-state index is 12.8. The van der Waals surface area contributed by atoms with Crippen LogP contribution in [-0.4, -0.2) is 31.3 Å². The summed E-state index contributed by atoms with van der Waals surface area (Å²) in [5.74, 6) is 0.332. The Morgan fingerprint density at radius 1 is 1.18 bits per heavy atom. The standard InChI is InChI=1S/C18H27NO2Si/c1-5-9-19-17(20)15-12-10-13(16(15)18(19)21)14(11-12)22(6-2,7-3)8-4/h5,13-14,16H,1,6-11H2,2-4H3. The zero-order valence-corrected chi connectivity index (χ0v) is 15.0. The van der Waals surface area contributed by atoms with Gasteiger partial charge >= 0.3 is 0 Å². The summed E-state index contributed by atoms with van der Waals surface area (Å²) in [6.07, 6.45) is 3.77. The Hall–Kier alpha value is -1.16. The number of likely N-dealkylation sites (tertiary alicyclic amines) is 1. The van der Waals surface area contributed by atoms with Crippen LogP contribution in [0, 0.1) is 11.8 Å². The van der Waals surface area contributed by atoms with Crippen LogP contribution >= 0.6 is 0 Å². The van der Waals surface area contributed by atoms with Gasteiger partial charge in [-0.3, -0.25) is 14.5 Å². The second-order valence-electron chi connectivity index (χ2n) is 7.14. The van der Waals surface area contributed by atoms with Crippen LogP contribution in [0.1, 0.15) is 33.6 Å². The molecule has 0 spiro atoms. The molecule has 0 N–H and O–H groups in total. The minimum atomic E-state index is -1.33. The fourth-order valence-corrected chi connectivity index (χ4v) is 10.4. The Bertz CT molecular complexity index is 553. The van der Waals surface area contributed by atoms with Gasteiger partial charge in [-0.2, -0.15) is 0 Å². The van der Waals surface area contributed by atoms with E-state index in [0.29, 0.717) is 18.0 Å². The molecule has 2 bridgehead atoms. The second-order valence-corrected chi connectivity index (χ2v) is 12.7. The summed E-state index contributed by atoms with van der Waals surface area (Å²) in [5.41, 5.74) is 2.90. The van der Waals surface area contributed by atoms with Crippen LogP contribution < -0.4 is 0 Å². The highest BCUT2D eigenvalue weighted by molar-refractivity contribution is 6.81. The summed E-state index contributed by atoms with van der Waals surface area (Å²) in [6, 6.07) is 3.90. The molecule has 3 nitrogen and oxygen atoms in total. The van der Waals surface area contributed by atoms with Gasteiger partial charge in [-0.25, -0.2) is 0 Å². The van der Waals surface area contributed by atoms with Crippen LogP contribution in [0.5, 0.6) is 0 Å². The first-order valence-electron chi connectivity index (χ1n) is 8.73. The summed E-state index contributed by atoms with van der Waals surface area (Å²) < 4.78 is 0. The van der Waals surface area contributed by atoms with Crippen LogP contribution in [0.3, 0.4) is 0 Å². The van der Waals surface area contributed by atoms with Gasteiger partial charge in [0, 0.05) is 12.1 Å². The normalized spacial score (nSPS) is 30.5. The van der Waals surface area contributed by atoms with E-state index in [1.165, 1.54) is 28.6 Å². The Morgan fingerprint density at radius 2 is 1.82 bits per heavy atom. The van der Waals surface area contributed by atoms with Gasteiger partial charge in [-0.1, -0.05) is 50.6 Å². The predicted octanol–water partition coefficient (Wildman–Crippen LogP) is 3.76. The maximum absolute atomic E-state index is 12.8. The molecule has 3 aliphatic rings. The molecule has 1 heterocycles. The SMILES string of the molecule is C=CCN1C(=O)C2=C3CC(C2C1=O)C([Si](CC)(CC)CC)C3. The molecule has 1 saturated heterocycles.